The first-order chi connectivity index (χ1) is 9.50. The van der Waals surface area contributed by atoms with E-state index in [2.05, 4.69) is 30.1 Å². The van der Waals surface area contributed by atoms with E-state index in [1.165, 1.54) is 12.8 Å². The Kier molecular flexibility index (Phi) is 3.35. The first-order valence-corrected chi connectivity index (χ1v) is 7.41. The van der Waals surface area contributed by atoms with Crippen LogP contribution in [0, 0.1) is 5.92 Å². The summed E-state index contributed by atoms with van der Waals surface area (Å²) in [5, 5.41) is 21.0. The fraction of sp³-hybridized carbons (Fsp3) is 0.529. The van der Waals surface area contributed by atoms with E-state index in [4.69, 9.17) is 0 Å². The first kappa shape index (κ1) is 13.7. The van der Waals surface area contributed by atoms with Crippen LogP contribution < -0.4 is 0 Å². The van der Waals surface area contributed by atoms with Crippen LogP contribution in [-0.4, -0.2) is 39.4 Å². The van der Waals surface area contributed by atoms with Gasteiger partial charge >= 0.3 is 0 Å². The van der Waals surface area contributed by atoms with Gasteiger partial charge in [0.2, 0.25) is 0 Å². The number of rotatable bonds is 3. The quantitative estimate of drug-likeness (QED) is 0.774. The Balaban J connectivity index is 1.83. The second kappa shape index (κ2) is 4.90. The first-order valence-electron chi connectivity index (χ1n) is 7.41. The van der Waals surface area contributed by atoms with Crippen LogP contribution in [0.3, 0.4) is 0 Å². The third-order valence-electron chi connectivity index (χ3n) is 4.47. The third kappa shape index (κ3) is 2.36. The van der Waals surface area contributed by atoms with Crippen LogP contribution in [-0.2, 0) is 0 Å². The van der Waals surface area contributed by atoms with Crippen molar-refractivity contribution in [2.45, 2.75) is 44.4 Å². The number of nitrogens with zero attached hydrogens (tertiary/aromatic N) is 1. The zero-order valence-electron chi connectivity index (χ0n) is 12.2. The van der Waals surface area contributed by atoms with E-state index in [1.807, 2.05) is 18.2 Å². The molecule has 2 fully saturated rings. The van der Waals surface area contributed by atoms with Gasteiger partial charge in [0, 0.05) is 12.2 Å². The van der Waals surface area contributed by atoms with Crippen molar-refractivity contribution in [2.24, 2.45) is 5.92 Å². The van der Waals surface area contributed by atoms with Gasteiger partial charge in [0.1, 0.15) is 11.7 Å². The van der Waals surface area contributed by atoms with E-state index in [1.54, 1.807) is 6.92 Å². The lowest BCUT2D eigenvalue weighted by Crippen LogP contribution is -2.39. The summed E-state index contributed by atoms with van der Waals surface area (Å²) < 4.78 is 0. The lowest BCUT2D eigenvalue weighted by molar-refractivity contribution is -0.0181. The number of aliphatic hydroxyl groups is 2. The Morgan fingerprint density at radius 3 is 2.90 bits per heavy atom. The highest BCUT2D eigenvalue weighted by Gasteiger charge is 2.50. The summed E-state index contributed by atoms with van der Waals surface area (Å²) in [4.78, 5) is 2.08. The summed E-state index contributed by atoms with van der Waals surface area (Å²) in [6.45, 7) is 4.49. The Morgan fingerprint density at radius 1 is 1.45 bits per heavy atom. The normalized spacial score (nSPS) is 37.5. The molecule has 3 nitrogen and oxygen atoms in total. The van der Waals surface area contributed by atoms with Crippen molar-refractivity contribution in [3.63, 3.8) is 0 Å². The molecule has 3 heteroatoms. The van der Waals surface area contributed by atoms with Crippen LogP contribution in [0.4, 0.5) is 0 Å². The lowest BCUT2D eigenvalue weighted by atomic mass is 9.95. The molecular formula is C17H23NO2. The third-order valence-corrected chi connectivity index (χ3v) is 4.47. The molecule has 0 unspecified atom stereocenters. The molecule has 1 aliphatic carbocycles. The van der Waals surface area contributed by atoms with Crippen molar-refractivity contribution in [3.8, 4) is 0 Å². The molecule has 1 saturated heterocycles. The molecule has 108 valence electrons. The molecule has 0 bridgehead atoms. The fourth-order valence-corrected chi connectivity index (χ4v) is 3.01. The molecule has 2 N–H and O–H groups in total. The minimum Gasteiger partial charge on any atom is -0.387 e. The summed E-state index contributed by atoms with van der Waals surface area (Å²) in [5.74, 6) is 0.753. The van der Waals surface area contributed by atoms with Crippen molar-refractivity contribution in [3.05, 3.63) is 47.7 Å². The fourth-order valence-electron chi connectivity index (χ4n) is 3.01. The summed E-state index contributed by atoms with van der Waals surface area (Å²) >= 11 is 0. The molecule has 0 aromatic rings. The zero-order chi connectivity index (χ0) is 14.3. The van der Waals surface area contributed by atoms with E-state index >= 15 is 0 Å². The van der Waals surface area contributed by atoms with Gasteiger partial charge in [-0.3, -0.25) is 0 Å². The Labute approximate surface area is 120 Å². The molecule has 1 saturated carbocycles. The Morgan fingerprint density at radius 2 is 2.20 bits per heavy atom. The maximum Gasteiger partial charge on any atom is 0.129 e. The van der Waals surface area contributed by atoms with E-state index in [0.717, 1.165) is 23.7 Å². The Bertz CT molecular complexity index is 509. The molecule has 20 heavy (non-hydrogen) atoms. The van der Waals surface area contributed by atoms with Gasteiger partial charge in [-0.2, -0.15) is 0 Å². The van der Waals surface area contributed by atoms with E-state index in [9.17, 15) is 10.2 Å². The molecule has 3 rings (SSSR count). The maximum atomic E-state index is 10.5. The van der Waals surface area contributed by atoms with Crippen molar-refractivity contribution < 1.29 is 10.2 Å². The number of aliphatic hydroxyl groups excluding tert-OH is 1. The topological polar surface area (TPSA) is 43.7 Å². The van der Waals surface area contributed by atoms with Crippen LogP contribution in [0.15, 0.2) is 47.7 Å². The second-order valence-corrected chi connectivity index (χ2v) is 6.32. The predicted octanol–water partition coefficient (Wildman–Crippen LogP) is 2.15. The van der Waals surface area contributed by atoms with Crippen molar-refractivity contribution >= 4 is 0 Å². The molecule has 0 aromatic carbocycles. The van der Waals surface area contributed by atoms with Crippen molar-refractivity contribution in [1.82, 2.24) is 4.90 Å². The lowest BCUT2D eigenvalue weighted by Gasteiger charge is -2.27. The maximum absolute atomic E-state index is 10.5. The van der Waals surface area contributed by atoms with E-state index in [-0.39, 0.29) is 6.04 Å². The minimum absolute atomic E-state index is 0.162. The SMILES string of the molecule is CC(/C=C/C1CC1)=C\[C@H]1[C@H](O)[C@@](C)(O)C2=CC=CCN21. The number of fused-ring (bicyclic) bond motifs is 1. The molecule has 2 aliphatic heterocycles. The van der Waals surface area contributed by atoms with Crippen molar-refractivity contribution in [1.29, 1.82) is 0 Å². The smallest absolute Gasteiger partial charge is 0.129 e. The highest BCUT2D eigenvalue weighted by atomic mass is 16.3. The molecule has 0 aromatic heterocycles. The number of hydrogen-bond donors (Lipinski definition) is 2. The standard InChI is InChI=1S/C17H23NO2/c1-12(6-7-13-8-9-13)11-14-16(19)17(2,20)15-5-3-4-10-18(14)15/h3-7,11,13-14,16,19-20H,8-10H2,1-2H3/b7-6+,12-11+/t14-,16-,17-/m0/s1. The van der Waals surface area contributed by atoms with Crippen LogP contribution in [0.2, 0.25) is 0 Å². The number of allylic oxidation sites excluding steroid dienone is 5. The van der Waals surface area contributed by atoms with Crippen molar-refractivity contribution in [2.75, 3.05) is 6.54 Å². The monoisotopic (exact) mass is 273 g/mol. The van der Waals surface area contributed by atoms with Gasteiger partial charge in [0.25, 0.3) is 0 Å². The van der Waals surface area contributed by atoms with Gasteiger partial charge in [0.05, 0.1) is 6.04 Å². The summed E-state index contributed by atoms with van der Waals surface area (Å²) in [6.07, 6.45) is 14.2. The average Bonchev–Trinajstić information content (AvgIpc) is 3.23. The predicted molar refractivity (Wildman–Crippen MR) is 80.0 cm³/mol. The highest BCUT2D eigenvalue weighted by molar-refractivity contribution is 5.36. The molecule has 3 atom stereocenters. The minimum atomic E-state index is -1.17. The van der Waals surface area contributed by atoms with Crippen LogP contribution in [0.1, 0.15) is 26.7 Å². The van der Waals surface area contributed by atoms with Crippen LogP contribution >= 0.6 is 0 Å². The van der Waals surface area contributed by atoms with Gasteiger partial charge < -0.3 is 15.1 Å². The van der Waals surface area contributed by atoms with Gasteiger partial charge in [-0.05, 0) is 38.7 Å². The number of hydrogen-bond acceptors (Lipinski definition) is 3. The summed E-state index contributed by atoms with van der Waals surface area (Å²) in [7, 11) is 0. The largest absolute Gasteiger partial charge is 0.387 e. The summed E-state index contributed by atoms with van der Waals surface area (Å²) in [6, 6.07) is -0.162. The van der Waals surface area contributed by atoms with Gasteiger partial charge in [0.15, 0.2) is 0 Å². The van der Waals surface area contributed by atoms with Crippen LogP contribution in [0.25, 0.3) is 0 Å². The molecule has 0 radical (unpaired) electrons. The second-order valence-electron chi connectivity index (χ2n) is 6.32. The molecule has 0 amide bonds. The highest BCUT2D eigenvalue weighted by Crippen LogP contribution is 2.39. The molecule has 0 spiro atoms. The average molecular weight is 273 g/mol. The molecular weight excluding hydrogens is 250 g/mol. The van der Waals surface area contributed by atoms with Crippen LogP contribution in [0.5, 0.6) is 0 Å². The molecule has 3 aliphatic rings. The summed E-state index contributed by atoms with van der Waals surface area (Å²) in [5.41, 5.74) is 0.784. The van der Waals surface area contributed by atoms with Gasteiger partial charge in [-0.15, -0.1) is 0 Å². The zero-order valence-corrected chi connectivity index (χ0v) is 12.2. The van der Waals surface area contributed by atoms with Gasteiger partial charge in [-0.25, -0.2) is 0 Å². The van der Waals surface area contributed by atoms with E-state index < -0.39 is 11.7 Å². The molecule has 2 heterocycles. The van der Waals surface area contributed by atoms with E-state index in [0.29, 0.717) is 0 Å². The van der Waals surface area contributed by atoms with Gasteiger partial charge in [-0.1, -0.05) is 36.0 Å². The Hall–Kier alpha value is -1.32.